The van der Waals surface area contributed by atoms with Crippen molar-refractivity contribution in [3.63, 3.8) is 0 Å². The van der Waals surface area contributed by atoms with Crippen LogP contribution in [0.25, 0.3) is 11.2 Å². The molecule has 1 aliphatic rings. The molecule has 3 heterocycles. The monoisotopic (exact) mass is 541 g/mol. The van der Waals surface area contributed by atoms with Gasteiger partial charge in [-0.15, -0.1) is 0 Å². The van der Waals surface area contributed by atoms with Gasteiger partial charge in [0.05, 0.1) is 6.33 Å². The van der Waals surface area contributed by atoms with E-state index in [4.69, 9.17) is 15.2 Å². The molecule has 1 amide bonds. The quantitative estimate of drug-likeness (QED) is 0.229. The SMILES string of the molecule is CNC(=O)OC[C@H]1O[C@@H](n2cnc3c(Nc4ccc(N)c(I)c4)ncnc32)[C@H](O)[C@@H]1O. The Morgan fingerprint density at radius 3 is 2.87 bits per heavy atom. The van der Waals surface area contributed by atoms with Crippen molar-refractivity contribution in [1.29, 1.82) is 0 Å². The van der Waals surface area contributed by atoms with E-state index in [-0.39, 0.29) is 6.61 Å². The molecule has 0 spiro atoms. The van der Waals surface area contributed by atoms with Crippen LogP contribution >= 0.6 is 22.6 Å². The molecule has 31 heavy (non-hydrogen) atoms. The average molecular weight is 541 g/mol. The Bertz CT molecular complexity index is 1110. The molecular weight excluding hydrogens is 521 g/mol. The second kappa shape index (κ2) is 8.78. The number of ether oxygens (including phenoxy) is 2. The highest BCUT2D eigenvalue weighted by atomic mass is 127. The summed E-state index contributed by atoms with van der Waals surface area (Å²) in [7, 11) is 1.42. The predicted octanol–water partition coefficient (Wildman–Crippen LogP) is 0.732. The van der Waals surface area contributed by atoms with Crippen molar-refractivity contribution in [2.24, 2.45) is 0 Å². The minimum atomic E-state index is -1.28. The van der Waals surface area contributed by atoms with Gasteiger partial charge in [-0.2, -0.15) is 0 Å². The molecule has 0 radical (unpaired) electrons. The molecule has 1 aromatic carbocycles. The number of benzene rings is 1. The van der Waals surface area contributed by atoms with Crippen LogP contribution in [0.3, 0.4) is 0 Å². The van der Waals surface area contributed by atoms with Crippen LogP contribution in [-0.4, -0.2) is 67.8 Å². The number of aliphatic hydroxyl groups excluding tert-OH is 2. The van der Waals surface area contributed by atoms with E-state index in [0.29, 0.717) is 22.7 Å². The number of carbonyl (C=O) groups is 1. The summed E-state index contributed by atoms with van der Waals surface area (Å²) in [5.74, 6) is 0.455. The lowest BCUT2D eigenvalue weighted by molar-refractivity contribution is -0.0531. The molecule has 0 saturated carbocycles. The topological polar surface area (TPSA) is 170 Å². The molecule has 164 valence electrons. The Morgan fingerprint density at radius 2 is 2.13 bits per heavy atom. The number of hydrogen-bond acceptors (Lipinski definition) is 10. The van der Waals surface area contributed by atoms with E-state index >= 15 is 0 Å². The lowest BCUT2D eigenvalue weighted by Gasteiger charge is -2.16. The van der Waals surface area contributed by atoms with Gasteiger partial charge in [0.1, 0.15) is 31.2 Å². The molecule has 13 heteroatoms. The van der Waals surface area contributed by atoms with Crippen molar-refractivity contribution in [2.45, 2.75) is 24.5 Å². The minimum absolute atomic E-state index is 0.224. The van der Waals surface area contributed by atoms with Crippen molar-refractivity contribution in [3.05, 3.63) is 34.4 Å². The van der Waals surface area contributed by atoms with Crippen molar-refractivity contribution in [1.82, 2.24) is 24.8 Å². The number of anilines is 3. The zero-order valence-electron chi connectivity index (χ0n) is 16.3. The predicted molar refractivity (Wildman–Crippen MR) is 119 cm³/mol. The first kappa shape index (κ1) is 21.5. The molecule has 0 bridgehead atoms. The number of nitrogen functional groups attached to an aromatic ring is 1. The number of nitrogens with zero attached hydrogens (tertiary/aromatic N) is 4. The first-order chi connectivity index (χ1) is 14.9. The van der Waals surface area contributed by atoms with Crippen molar-refractivity contribution < 1.29 is 24.5 Å². The van der Waals surface area contributed by atoms with E-state index in [9.17, 15) is 15.0 Å². The first-order valence-electron chi connectivity index (χ1n) is 9.24. The summed E-state index contributed by atoms with van der Waals surface area (Å²) in [5.41, 5.74) is 8.15. The van der Waals surface area contributed by atoms with E-state index in [1.165, 1.54) is 24.3 Å². The van der Waals surface area contributed by atoms with Crippen LogP contribution in [0.4, 0.5) is 22.0 Å². The van der Waals surface area contributed by atoms with Gasteiger partial charge >= 0.3 is 6.09 Å². The fourth-order valence-electron chi connectivity index (χ4n) is 3.20. The minimum Gasteiger partial charge on any atom is -0.447 e. The van der Waals surface area contributed by atoms with Crippen LogP contribution in [0.5, 0.6) is 0 Å². The molecular formula is C18H20IN7O5. The highest BCUT2D eigenvalue weighted by molar-refractivity contribution is 14.1. The fraction of sp³-hybridized carbons (Fsp3) is 0.333. The van der Waals surface area contributed by atoms with Crippen LogP contribution in [0.2, 0.25) is 0 Å². The van der Waals surface area contributed by atoms with E-state index in [2.05, 4.69) is 48.2 Å². The number of imidazole rings is 1. The largest absolute Gasteiger partial charge is 0.447 e. The number of fused-ring (bicyclic) bond motifs is 1. The number of aromatic nitrogens is 4. The van der Waals surface area contributed by atoms with Gasteiger partial charge in [0.2, 0.25) is 0 Å². The Balaban J connectivity index is 1.58. The average Bonchev–Trinajstić information content (AvgIpc) is 3.31. The van der Waals surface area contributed by atoms with Crippen LogP contribution in [0.15, 0.2) is 30.9 Å². The number of nitrogens with one attached hydrogen (secondary N) is 2. The van der Waals surface area contributed by atoms with E-state index in [1.54, 1.807) is 6.07 Å². The summed E-state index contributed by atoms with van der Waals surface area (Å²) in [6, 6.07) is 5.48. The third-order valence-corrected chi connectivity index (χ3v) is 5.75. The summed E-state index contributed by atoms with van der Waals surface area (Å²) < 4.78 is 13.1. The number of carbonyl (C=O) groups excluding carboxylic acids is 1. The summed E-state index contributed by atoms with van der Waals surface area (Å²) in [5, 5.41) is 26.3. The van der Waals surface area contributed by atoms with Crippen molar-refractivity contribution >= 4 is 57.0 Å². The maximum Gasteiger partial charge on any atom is 0.406 e. The molecule has 1 fully saturated rings. The standard InChI is InChI=1S/C18H20IN7O5/c1-21-18(29)30-5-11-13(27)14(28)17(31-11)26-7-24-12-15(22-6-23-16(12)26)25-8-2-3-10(20)9(19)4-8/h2-4,6-7,11,13-14,17,27-28H,5,20H2,1H3,(H,21,29)(H,22,23,25)/t11-,13-,14-,17-/m1/s1. The summed E-state index contributed by atoms with van der Waals surface area (Å²) in [6.07, 6.45) is -2.29. The second-order valence-electron chi connectivity index (χ2n) is 6.80. The summed E-state index contributed by atoms with van der Waals surface area (Å²) in [6.45, 7) is -0.224. The summed E-state index contributed by atoms with van der Waals surface area (Å²) >= 11 is 2.14. The Morgan fingerprint density at radius 1 is 1.32 bits per heavy atom. The van der Waals surface area contributed by atoms with Gasteiger partial charge in [-0.1, -0.05) is 0 Å². The van der Waals surface area contributed by atoms with E-state index in [1.807, 2.05) is 12.1 Å². The smallest absolute Gasteiger partial charge is 0.406 e. The van der Waals surface area contributed by atoms with Crippen LogP contribution in [-0.2, 0) is 9.47 Å². The number of hydrogen-bond donors (Lipinski definition) is 5. The Hall–Kier alpha value is -2.75. The number of rotatable bonds is 5. The Kier molecular flexibility index (Phi) is 6.08. The van der Waals surface area contributed by atoms with Gasteiger partial charge in [0.15, 0.2) is 23.2 Å². The third-order valence-electron chi connectivity index (χ3n) is 4.82. The maximum absolute atomic E-state index is 11.3. The van der Waals surface area contributed by atoms with Gasteiger partial charge < -0.3 is 36.1 Å². The zero-order valence-corrected chi connectivity index (χ0v) is 18.4. The lowest BCUT2D eigenvalue weighted by atomic mass is 10.1. The molecule has 3 aromatic rings. The molecule has 12 nitrogen and oxygen atoms in total. The fourth-order valence-corrected chi connectivity index (χ4v) is 3.71. The highest BCUT2D eigenvalue weighted by Gasteiger charge is 2.45. The van der Waals surface area contributed by atoms with Gasteiger partial charge in [-0.3, -0.25) is 4.57 Å². The van der Waals surface area contributed by atoms with Gasteiger partial charge in [-0.05, 0) is 40.8 Å². The highest BCUT2D eigenvalue weighted by Crippen LogP contribution is 2.33. The molecule has 4 atom stereocenters. The lowest BCUT2D eigenvalue weighted by Crippen LogP contribution is -2.35. The van der Waals surface area contributed by atoms with Crippen molar-refractivity contribution in [3.8, 4) is 0 Å². The van der Waals surface area contributed by atoms with Crippen molar-refractivity contribution in [2.75, 3.05) is 24.7 Å². The number of nitrogens with two attached hydrogens (primary N) is 1. The zero-order chi connectivity index (χ0) is 22.1. The van der Waals surface area contributed by atoms with Gasteiger partial charge in [0.25, 0.3) is 0 Å². The molecule has 1 saturated heterocycles. The molecule has 4 rings (SSSR count). The van der Waals surface area contributed by atoms with Crippen LogP contribution in [0.1, 0.15) is 6.23 Å². The third kappa shape index (κ3) is 4.21. The molecule has 0 unspecified atom stereocenters. The van der Waals surface area contributed by atoms with Gasteiger partial charge in [-0.25, -0.2) is 19.7 Å². The number of aliphatic hydroxyl groups is 2. The van der Waals surface area contributed by atoms with Crippen LogP contribution < -0.4 is 16.4 Å². The second-order valence-corrected chi connectivity index (χ2v) is 7.96. The number of amides is 1. The molecule has 1 aliphatic heterocycles. The summed E-state index contributed by atoms with van der Waals surface area (Å²) in [4.78, 5) is 24.1. The maximum atomic E-state index is 11.3. The number of halogens is 1. The normalized spacial score (nSPS) is 23.1. The first-order valence-corrected chi connectivity index (χ1v) is 10.3. The Labute approximate surface area is 189 Å². The molecule has 2 aromatic heterocycles. The van der Waals surface area contributed by atoms with Crippen LogP contribution in [0, 0.1) is 3.57 Å². The molecule has 0 aliphatic carbocycles. The van der Waals surface area contributed by atoms with Gasteiger partial charge in [0, 0.05) is 22.0 Å². The van der Waals surface area contributed by atoms with E-state index < -0.39 is 30.6 Å². The molecule has 6 N–H and O–H groups in total. The number of alkyl carbamates (subject to hydrolysis) is 1. The van der Waals surface area contributed by atoms with E-state index in [0.717, 1.165) is 9.26 Å².